The fraction of sp³-hybridized carbons (Fsp3) is 0.364. The highest BCUT2D eigenvalue weighted by Crippen LogP contribution is 2.38. The molecule has 0 fully saturated rings. The number of rotatable bonds is 7. The van der Waals surface area contributed by atoms with Crippen molar-refractivity contribution in [3.05, 3.63) is 84.1 Å². The summed E-state index contributed by atoms with van der Waals surface area (Å²) in [5.41, 5.74) is 4.07. The van der Waals surface area contributed by atoms with Crippen LogP contribution in [0.3, 0.4) is 0 Å². The number of hydrogen-bond acceptors (Lipinski definition) is 6. The van der Waals surface area contributed by atoms with Gasteiger partial charge in [0.25, 0.3) is 5.91 Å². The van der Waals surface area contributed by atoms with Crippen molar-refractivity contribution in [2.75, 3.05) is 33.9 Å². The van der Waals surface area contributed by atoms with Gasteiger partial charge in [0.15, 0.2) is 0 Å². The highest BCUT2D eigenvalue weighted by Gasteiger charge is 2.35. The van der Waals surface area contributed by atoms with Crippen LogP contribution in [0.4, 0.5) is 0 Å². The van der Waals surface area contributed by atoms with E-state index in [9.17, 15) is 18.3 Å². The second-order valence-electron chi connectivity index (χ2n) is 11.2. The quantitative estimate of drug-likeness (QED) is 0.332. The number of sulfonamides is 1. The summed E-state index contributed by atoms with van der Waals surface area (Å²) < 4.78 is 42.2. The third-order valence-electron chi connectivity index (χ3n) is 8.41. The van der Waals surface area contributed by atoms with E-state index >= 15 is 0 Å². The molecule has 3 aromatic carbocycles. The summed E-state index contributed by atoms with van der Waals surface area (Å²) in [6.07, 6.45) is -0.558. The molecule has 43 heavy (non-hydrogen) atoms. The molecule has 3 atom stereocenters. The standard InChI is InChI=1S/C33H39N3O6S/c1-22-18-36(23(2)20-37)33(38)32-31(28-15-8-9-16-29(28)35(32)4)27-14-7-6-11-24(27)21-42-30(22)19-34(3)43(39,40)26-13-10-12-25(17-26)41-5/h6-17,22-23,30,37H,18-21H2,1-5H3/t22-,23-,30+/m1/s1. The number of likely N-dealkylation sites (N-methyl/N-ethyl adjacent to an activating group) is 1. The Kier molecular flexibility index (Phi) is 8.94. The van der Waals surface area contributed by atoms with E-state index in [2.05, 4.69) is 0 Å². The summed E-state index contributed by atoms with van der Waals surface area (Å²) in [6.45, 7) is 4.10. The molecule has 0 radical (unpaired) electrons. The maximum absolute atomic E-state index is 14.5. The van der Waals surface area contributed by atoms with Gasteiger partial charge in [0.1, 0.15) is 11.4 Å². The molecule has 1 aliphatic rings. The second-order valence-corrected chi connectivity index (χ2v) is 13.3. The fourth-order valence-electron chi connectivity index (χ4n) is 5.82. The van der Waals surface area contributed by atoms with Crippen LogP contribution < -0.4 is 4.74 Å². The summed E-state index contributed by atoms with van der Waals surface area (Å²) in [5, 5.41) is 11.2. The molecule has 1 aromatic heterocycles. The molecule has 0 saturated heterocycles. The minimum atomic E-state index is -3.86. The zero-order chi connectivity index (χ0) is 30.9. The minimum absolute atomic E-state index is 0.0638. The van der Waals surface area contributed by atoms with Gasteiger partial charge >= 0.3 is 0 Å². The molecule has 228 valence electrons. The van der Waals surface area contributed by atoms with Gasteiger partial charge in [0, 0.05) is 55.6 Å². The molecule has 0 spiro atoms. The lowest BCUT2D eigenvalue weighted by Crippen LogP contribution is -2.48. The van der Waals surface area contributed by atoms with E-state index in [0.29, 0.717) is 11.4 Å². The van der Waals surface area contributed by atoms with Crippen molar-refractivity contribution in [2.45, 2.75) is 37.5 Å². The number of aryl methyl sites for hydroxylation is 1. The number of ether oxygens (including phenoxy) is 2. The van der Waals surface area contributed by atoms with Crippen molar-refractivity contribution in [1.82, 2.24) is 13.8 Å². The van der Waals surface area contributed by atoms with Gasteiger partial charge in [-0.1, -0.05) is 55.5 Å². The Morgan fingerprint density at radius 3 is 2.56 bits per heavy atom. The maximum atomic E-state index is 14.5. The average Bonchev–Trinajstić information content (AvgIpc) is 3.31. The van der Waals surface area contributed by atoms with E-state index in [1.54, 1.807) is 17.0 Å². The molecule has 1 amide bonds. The molecule has 9 nitrogen and oxygen atoms in total. The maximum Gasteiger partial charge on any atom is 0.271 e. The van der Waals surface area contributed by atoms with Crippen molar-refractivity contribution in [3.63, 3.8) is 0 Å². The van der Waals surface area contributed by atoms with Crippen molar-refractivity contribution < 1.29 is 27.8 Å². The molecule has 0 saturated carbocycles. The number of methoxy groups -OCH3 is 1. The molecular formula is C33H39N3O6S. The Labute approximate surface area is 253 Å². The smallest absolute Gasteiger partial charge is 0.271 e. The number of hydrogen-bond donors (Lipinski definition) is 1. The molecule has 10 heteroatoms. The number of aromatic nitrogens is 1. The number of carbonyl (C=O) groups excluding carboxylic acids is 1. The molecule has 0 unspecified atom stereocenters. The summed E-state index contributed by atoms with van der Waals surface area (Å²) in [6, 6.07) is 21.7. The van der Waals surface area contributed by atoms with Crippen LogP contribution in [0.15, 0.2) is 77.7 Å². The van der Waals surface area contributed by atoms with Crippen LogP contribution in [0.2, 0.25) is 0 Å². The number of aliphatic hydroxyl groups excluding tert-OH is 1. The van der Waals surface area contributed by atoms with Crippen LogP contribution >= 0.6 is 0 Å². The number of para-hydroxylation sites is 1. The van der Waals surface area contributed by atoms with E-state index < -0.39 is 22.2 Å². The number of fused-ring (bicyclic) bond motifs is 5. The molecule has 4 aromatic rings. The number of aliphatic hydroxyl groups is 1. The number of amides is 1. The van der Waals surface area contributed by atoms with Crippen LogP contribution in [0, 0.1) is 5.92 Å². The minimum Gasteiger partial charge on any atom is -0.497 e. The predicted molar refractivity (Wildman–Crippen MR) is 166 cm³/mol. The largest absolute Gasteiger partial charge is 0.497 e. The van der Waals surface area contributed by atoms with E-state index in [4.69, 9.17) is 9.47 Å². The molecule has 1 aliphatic heterocycles. The lowest BCUT2D eigenvalue weighted by molar-refractivity contribution is -0.0147. The molecule has 2 heterocycles. The molecule has 5 rings (SSSR count). The lowest BCUT2D eigenvalue weighted by atomic mass is 9.96. The third-order valence-corrected chi connectivity index (χ3v) is 10.2. The lowest BCUT2D eigenvalue weighted by Gasteiger charge is -2.35. The van der Waals surface area contributed by atoms with Crippen molar-refractivity contribution >= 4 is 26.8 Å². The Hall–Kier alpha value is -3.70. The Morgan fingerprint density at radius 1 is 1.09 bits per heavy atom. The second kappa shape index (κ2) is 12.5. The SMILES string of the molecule is COc1cccc(S(=O)(=O)N(C)C[C@@H]2OCc3ccccc3-c3c(n(C)c4ccccc34)C(=O)N([C@H](C)CO)C[C@H]2C)c1. The fourth-order valence-corrected chi connectivity index (χ4v) is 7.04. The normalized spacial score (nSPS) is 18.7. The van der Waals surface area contributed by atoms with Gasteiger partial charge in [-0.2, -0.15) is 4.31 Å². The summed E-state index contributed by atoms with van der Waals surface area (Å²) in [5.74, 6) is -0.0240. The van der Waals surface area contributed by atoms with Gasteiger partial charge in [0.05, 0.1) is 37.4 Å². The van der Waals surface area contributed by atoms with Crippen LogP contribution in [0.25, 0.3) is 22.0 Å². The molecule has 0 aliphatic carbocycles. The van der Waals surface area contributed by atoms with Gasteiger partial charge in [-0.25, -0.2) is 8.42 Å². The van der Waals surface area contributed by atoms with Gasteiger partial charge in [-0.15, -0.1) is 0 Å². The van der Waals surface area contributed by atoms with E-state index in [1.807, 2.05) is 74.0 Å². The van der Waals surface area contributed by atoms with Gasteiger partial charge in [-0.3, -0.25) is 4.79 Å². The molecule has 0 bridgehead atoms. The van der Waals surface area contributed by atoms with Gasteiger partial charge in [0.2, 0.25) is 10.0 Å². The first kappa shape index (κ1) is 30.7. The van der Waals surface area contributed by atoms with E-state index in [1.165, 1.54) is 30.6 Å². The highest BCUT2D eigenvalue weighted by molar-refractivity contribution is 7.89. The number of nitrogens with zero attached hydrogens (tertiary/aromatic N) is 3. The topological polar surface area (TPSA) is 101 Å². The van der Waals surface area contributed by atoms with Crippen LogP contribution in [-0.2, 0) is 28.4 Å². The molecular weight excluding hydrogens is 566 g/mol. The Morgan fingerprint density at radius 2 is 1.81 bits per heavy atom. The number of benzene rings is 3. The van der Waals surface area contributed by atoms with Crippen LogP contribution in [0.1, 0.15) is 29.9 Å². The number of carbonyl (C=O) groups is 1. The zero-order valence-corrected chi connectivity index (χ0v) is 26.0. The van der Waals surface area contributed by atoms with Gasteiger partial charge < -0.3 is 24.0 Å². The first-order valence-electron chi connectivity index (χ1n) is 14.4. The first-order chi connectivity index (χ1) is 20.6. The zero-order valence-electron chi connectivity index (χ0n) is 25.2. The summed E-state index contributed by atoms with van der Waals surface area (Å²) in [4.78, 5) is 16.3. The summed E-state index contributed by atoms with van der Waals surface area (Å²) >= 11 is 0. The summed E-state index contributed by atoms with van der Waals surface area (Å²) in [7, 11) is 1.06. The van der Waals surface area contributed by atoms with Crippen molar-refractivity contribution in [1.29, 1.82) is 0 Å². The van der Waals surface area contributed by atoms with E-state index in [-0.39, 0.29) is 43.0 Å². The van der Waals surface area contributed by atoms with E-state index in [0.717, 1.165) is 27.6 Å². The molecule has 1 N–H and O–H groups in total. The van der Waals surface area contributed by atoms with Crippen molar-refractivity contribution in [3.8, 4) is 16.9 Å². The van der Waals surface area contributed by atoms with Crippen LogP contribution in [-0.4, -0.2) is 79.2 Å². The first-order valence-corrected chi connectivity index (χ1v) is 15.8. The predicted octanol–water partition coefficient (Wildman–Crippen LogP) is 4.53. The van der Waals surface area contributed by atoms with Crippen molar-refractivity contribution in [2.24, 2.45) is 13.0 Å². The van der Waals surface area contributed by atoms with Gasteiger partial charge in [-0.05, 0) is 36.2 Å². The monoisotopic (exact) mass is 605 g/mol. The van der Waals surface area contributed by atoms with Crippen LogP contribution in [0.5, 0.6) is 5.75 Å². The Balaban J connectivity index is 1.59. The average molecular weight is 606 g/mol. The highest BCUT2D eigenvalue weighted by atomic mass is 32.2. The third kappa shape index (κ3) is 5.80. The Bertz CT molecular complexity index is 1730.